The first-order valence-corrected chi connectivity index (χ1v) is 34.8. The van der Waals surface area contributed by atoms with E-state index in [2.05, 4.69) is 19.2 Å². The second-order valence-corrected chi connectivity index (χ2v) is 24.2. The molecule has 2 unspecified atom stereocenters. The van der Waals surface area contributed by atoms with E-state index in [4.69, 9.17) is 4.74 Å². The number of ether oxygens (including phenoxy) is 1. The molecule has 0 aliphatic carbocycles. The zero-order valence-electron chi connectivity index (χ0n) is 51.3. The zero-order valence-corrected chi connectivity index (χ0v) is 51.3. The van der Waals surface area contributed by atoms with E-state index >= 15 is 0 Å². The average molecular weight is 1060 g/mol. The lowest BCUT2D eigenvalue weighted by atomic mass is 10.0. The van der Waals surface area contributed by atoms with Crippen LogP contribution < -0.4 is 5.32 Å². The van der Waals surface area contributed by atoms with E-state index in [1.807, 2.05) is 0 Å². The molecule has 6 heteroatoms. The number of esters is 1. The van der Waals surface area contributed by atoms with Gasteiger partial charge in [-0.15, -0.1) is 0 Å². The standard InChI is InChI=1S/C69H137NO5/c1-3-5-7-9-11-13-15-17-18-19-20-21-22-23-26-29-32-35-38-41-45-49-53-57-61-67(72)66(65-71)70-68(73)62-58-54-50-46-42-39-36-33-30-27-24-25-28-31-34-37-40-44-48-52-56-60-64-75-69(74)63-59-55-51-47-43-16-14-12-10-8-6-4-2/h66-67,71-72H,3-65H2,1-2H3,(H,70,73). The normalized spacial score (nSPS) is 12.4. The summed E-state index contributed by atoms with van der Waals surface area (Å²) < 4.78 is 5.48. The molecule has 0 aromatic carbocycles. The van der Waals surface area contributed by atoms with E-state index < -0.39 is 12.1 Å². The smallest absolute Gasteiger partial charge is 0.305 e. The molecule has 0 aromatic rings. The van der Waals surface area contributed by atoms with Gasteiger partial charge in [0.2, 0.25) is 5.91 Å². The molecule has 0 saturated carbocycles. The molecule has 6 nitrogen and oxygen atoms in total. The van der Waals surface area contributed by atoms with Crippen molar-refractivity contribution in [1.82, 2.24) is 5.32 Å². The Bertz CT molecular complexity index is 1080. The van der Waals surface area contributed by atoms with Crippen molar-refractivity contribution in [3.8, 4) is 0 Å². The molecule has 0 bridgehead atoms. The van der Waals surface area contributed by atoms with Crippen molar-refractivity contribution in [2.24, 2.45) is 0 Å². The van der Waals surface area contributed by atoms with Crippen LogP contribution in [0, 0.1) is 0 Å². The molecule has 448 valence electrons. The molecule has 3 N–H and O–H groups in total. The Balaban J connectivity index is 3.37. The fourth-order valence-corrected chi connectivity index (χ4v) is 11.4. The van der Waals surface area contributed by atoms with Gasteiger partial charge in [-0.25, -0.2) is 0 Å². The van der Waals surface area contributed by atoms with Crippen LogP contribution in [0.25, 0.3) is 0 Å². The van der Waals surface area contributed by atoms with Crippen LogP contribution in [-0.2, 0) is 14.3 Å². The van der Waals surface area contributed by atoms with Gasteiger partial charge in [-0.3, -0.25) is 9.59 Å². The van der Waals surface area contributed by atoms with Crippen LogP contribution in [-0.4, -0.2) is 47.4 Å². The van der Waals surface area contributed by atoms with Gasteiger partial charge in [0, 0.05) is 12.8 Å². The Labute approximate surface area is 470 Å². The number of amides is 1. The second-order valence-electron chi connectivity index (χ2n) is 24.2. The molecule has 0 radical (unpaired) electrons. The third kappa shape index (κ3) is 61.9. The Hall–Kier alpha value is -1.14. The molecule has 0 aromatic heterocycles. The topological polar surface area (TPSA) is 95.9 Å². The Morgan fingerprint density at radius 3 is 0.813 bits per heavy atom. The zero-order chi connectivity index (χ0) is 54.3. The van der Waals surface area contributed by atoms with E-state index in [9.17, 15) is 19.8 Å². The molecule has 0 saturated heterocycles. The first-order chi connectivity index (χ1) is 37.0. The summed E-state index contributed by atoms with van der Waals surface area (Å²) in [6.45, 7) is 5.00. The minimum atomic E-state index is -0.665. The fourth-order valence-electron chi connectivity index (χ4n) is 11.4. The summed E-state index contributed by atoms with van der Waals surface area (Å²) in [5.41, 5.74) is 0. The summed E-state index contributed by atoms with van der Waals surface area (Å²) >= 11 is 0. The van der Waals surface area contributed by atoms with Gasteiger partial charge >= 0.3 is 5.97 Å². The number of aliphatic hydroxyl groups is 2. The summed E-state index contributed by atoms with van der Waals surface area (Å²) in [7, 11) is 0. The number of hydrogen-bond acceptors (Lipinski definition) is 5. The summed E-state index contributed by atoms with van der Waals surface area (Å²) in [5, 5.41) is 23.4. The van der Waals surface area contributed by atoms with Crippen molar-refractivity contribution in [1.29, 1.82) is 0 Å². The van der Waals surface area contributed by atoms with Crippen LogP contribution in [0.1, 0.15) is 406 Å². The first-order valence-electron chi connectivity index (χ1n) is 34.8. The van der Waals surface area contributed by atoms with Gasteiger partial charge in [-0.2, -0.15) is 0 Å². The van der Waals surface area contributed by atoms with Crippen molar-refractivity contribution in [2.75, 3.05) is 13.2 Å². The van der Waals surface area contributed by atoms with Crippen molar-refractivity contribution in [2.45, 2.75) is 418 Å². The highest BCUT2D eigenvalue weighted by atomic mass is 16.5. The van der Waals surface area contributed by atoms with Crippen molar-refractivity contribution in [3.63, 3.8) is 0 Å². The summed E-state index contributed by atoms with van der Waals surface area (Å²) in [6.07, 6.45) is 78.6. The molecule has 0 aliphatic heterocycles. The average Bonchev–Trinajstić information content (AvgIpc) is 3.41. The van der Waals surface area contributed by atoms with E-state index in [0.29, 0.717) is 25.9 Å². The van der Waals surface area contributed by atoms with Crippen LogP contribution in [0.3, 0.4) is 0 Å². The lowest BCUT2D eigenvalue weighted by Gasteiger charge is -2.22. The van der Waals surface area contributed by atoms with Gasteiger partial charge in [0.15, 0.2) is 0 Å². The van der Waals surface area contributed by atoms with Crippen molar-refractivity contribution in [3.05, 3.63) is 0 Å². The van der Waals surface area contributed by atoms with Gasteiger partial charge in [0.1, 0.15) is 0 Å². The second kappa shape index (κ2) is 65.4. The Morgan fingerprint density at radius 2 is 0.547 bits per heavy atom. The van der Waals surface area contributed by atoms with Crippen molar-refractivity contribution >= 4 is 11.9 Å². The molecule has 0 rings (SSSR count). The largest absolute Gasteiger partial charge is 0.466 e. The number of aliphatic hydroxyl groups excluding tert-OH is 2. The van der Waals surface area contributed by atoms with Crippen LogP contribution in [0.5, 0.6) is 0 Å². The van der Waals surface area contributed by atoms with Crippen LogP contribution in [0.4, 0.5) is 0 Å². The highest BCUT2D eigenvalue weighted by molar-refractivity contribution is 5.76. The number of carbonyl (C=O) groups is 2. The minimum absolute atomic E-state index is 0.0155. The molecule has 1 amide bonds. The Morgan fingerprint density at radius 1 is 0.320 bits per heavy atom. The third-order valence-electron chi connectivity index (χ3n) is 16.7. The number of unbranched alkanes of at least 4 members (excludes halogenated alkanes) is 55. The molecular weight excluding hydrogens is 923 g/mol. The summed E-state index contributed by atoms with van der Waals surface area (Å²) in [6, 6.07) is -0.542. The molecule has 0 heterocycles. The first kappa shape index (κ1) is 73.9. The number of hydrogen-bond donors (Lipinski definition) is 3. The van der Waals surface area contributed by atoms with Crippen LogP contribution in [0.2, 0.25) is 0 Å². The number of carbonyl (C=O) groups excluding carboxylic acids is 2. The van der Waals surface area contributed by atoms with Crippen LogP contribution >= 0.6 is 0 Å². The van der Waals surface area contributed by atoms with Gasteiger partial charge in [-0.1, -0.05) is 367 Å². The molecular formula is C69H137NO5. The molecule has 0 aliphatic rings. The quantitative estimate of drug-likeness (QED) is 0.0417. The maximum Gasteiger partial charge on any atom is 0.305 e. The third-order valence-corrected chi connectivity index (χ3v) is 16.7. The molecule has 75 heavy (non-hydrogen) atoms. The van der Waals surface area contributed by atoms with Gasteiger partial charge in [0.05, 0.1) is 25.4 Å². The monoisotopic (exact) mass is 1060 g/mol. The maximum absolute atomic E-state index is 12.6. The molecule has 0 spiro atoms. The maximum atomic E-state index is 12.6. The van der Waals surface area contributed by atoms with Gasteiger partial charge < -0.3 is 20.3 Å². The molecule has 2 atom stereocenters. The summed E-state index contributed by atoms with van der Waals surface area (Å²) in [5.74, 6) is -0.0139. The predicted molar refractivity (Wildman–Crippen MR) is 329 cm³/mol. The lowest BCUT2D eigenvalue weighted by molar-refractivity contribution is -0.143. The predicted octanol–water partition coefficient (Wildman–Crippen LogP) is 22.2. The van der Waals surface area contributed by atoms with E-state index in [1.54, 1.807) is 0 Å². The fraction of sp³-hybridized carbons (Fsp3) is 0.971. The lowest BCUT2D eigenvalue weighted by Crippen LogP contribution is -2.45. The van der Waals surface area contributed by atoms with Gasteiger partial charge in [0.25, 0.3) is 0 Å². The highest BCUT2D eigenvalue weighted by Crippen LogP contribution is 2.19. The van der Waals surface area contributed by atoms with E-state index in [1.165, 1.54) is 334 Å². The Kier molecular flexibility index (Phi) is 64.4. The van der Waals surface area contributed by atoms with Crippen LogP contribution in [0.15, 0.2) is 0 Å². The summed E-state index contributed by atoms with van der Waals surface area (Å²) in [4.78, 5) is 24.6. The van der Waals surface area contributed by atoms with Gasteiger partial charge in [-0.05, 0) is 25.7 Å². The number of nitrogens with one attached hydrogen (secondary N) is 1. The SMILES string of the molecule is CCCCCCCCCCCCCCCCCCCCCCCCCCC(O)C(CO)NC(=O)CCCCCCCCCCCCCCCCCCCCCCCCOC(=O)CCCCCCCCCCCCCC. The van der Waals surface area contributed by atoms with E-state index in [-0.39, 0.29) is 18.5 Å². The highest BCUT2D eigenvalue weighted by Gasteiger charge is 2.20. The van der Waals surface area contributed by atoms with Crippen molar-refractivity contribution < 1.29 is 24.5 Å². The molecule has 0 fully saturated rings. The number of rotatable bonds is 66. The minimum Gasteiger partial charge on any atom is -0.466 e. The van der Waals surface area contributed by atoms with E-state index in [0.717, 1.165) is 38.5 Å².